The van der Waals surface area contributed by atoms with Crippen LogP contribution in [0.5, 0.6) is 5.75 Å². The van der Waals surface area contributed by atoms with E-state index >= 15 is 0 Å². The maximum absolute atomic E-state index is 11.8. The van der Waals surface area contributed by atoms with E-state index in [9.17, 15) is 9.59 Å². The fraction of sp³-hybridized carbons (Fsp3) is 0.0625. The van der Waals surface area contributed by atoms with Gasteiger partial charge in [0.2, 0.25) is 0 Å². The Balaban J connectivity index is 1.95. The molecule has 0 fully saturated rings. The second kappa shape index (κ2) is 8.33. The molecule has 0 bridgehead atoms. The highest BCUT2D eigenvalue weighted by atomic mass is 35.5. The summed E-state index contributed by atoms with van der Waals surface area (Å²) in [6, 6.07) is 11.7. The predicted octanol–water partition coefficient (Wildman–Crippen LogP) is 3.09. The lowest BCUT2D eigenvalue weighted by Gasteiger charge is -2.06. The van der Waals surface area contributed by atoms with Crippen molar-refractivity contribution < 1.29 is 14.3 Å². The highest BCUT2D eigenvalue weighted by molar-refractivity contribution is 6.45. The summed E-state index contributed by atoms with van der Waals surface area (Å²) in [6.07, 6.45) is 1.39. The normalized spacial score (nSPS) is 10.5. The molecule has 0 saturated carbocycles. The van der Waals surface area contributed by atoms with Crippen LogP contribution >= 0.6 is 23.2 Å². The van der Waals surface area contributed by atoms with E-state index in [0.29, 0.717) is 11.3 Å². The van der Waals surface area contributed by atoms with Crippen LogP contribution < -0.4 is 15.5 Å². The number of methoxy groups -OCH3 is 1. The van der Waals surface area contributed by atoms with Crippen molar-refractivity contribution in [3.05, 3.63) is 58.1 Å². The van der Waals surface area contributed by atoms with Crippen molar-refractivity contribution in [2.75, 3.05) is 12.4 Å². The smallest absolute Gasteiger partial charge is 0.329 e. The standard InChI is InChI=1S/C16H13Cl2N3O3/c1-24-11-5-2-4-10(8-11)9-19-21-16(23)15(22)20-13-7-3-6-12(17)14(13)18/h2-9H,1H3,(H,20,22)(H,21,23)/b19-9-. The number of halogens is 2. The number of benzene rings is 2. The molecule has 2 amide bonds. The largest absolute Gasteiger partial charge is 0.497 e. The average molecular weight is 366 g/mol. The first-order valence-corrected chi connectivity index (χ1v) is 7.49. The number of anilines is 1. The maximum Gasteiger partial charge on any atom is 0.329 e. The lowest BCUT2D eigenvalue weighted by molar-refractivity contribution is -0.136. The Labute approximate surface area is 148 Å². The SMILES string of the molecule is COc1cccc(/C=N\NC(=O)C(=O)Nc2cccc(Cl)c2Cl)c1. The van der Waals surface area contributed by atoms with E-state index < -0.39 is 11.8 Å². The van der Waals surface area contributed by atoms with Gasteiger partial charge in [-0.1, -0.05) is 41.4 Å². The Kier molecular flexibility index (Phi) is 6.17. The number of nitrogens with zero attached hydrogens (tertiary/aromatic N) is 1. The Hall–Kier alpha value is -2.57. The van der Waals surface area contributed by atoms with Crippen molar-refractivity contribution >= 4 is 46.9 Å². The predicted molar refractivity (Wildman–Crippen MR) is 93.8 cm³/mol. The van der Waals surface area contributed by atoms with Gasteiger partial charge in [-0.3, -0.25) is 9.59 Å². The molecule has 0 atom stereocenters. The molecule has 0 aliphatic heterocycles. The molecule has 0 aliphatic carbocycles. The van der Waals surface area contributed by atoms with Crippen molar-refractivity contribution in [2.24, 2.45) is 5.10 Å². The molecule has 8 heteroatoms. The first-order chi connectivity index (χ1) is 11.5. The van der Waals surface area contributed by atoms with Crippen LogP contribution in [0.3, 0.4) is 0 Å². The molecule has 0 unspecified atom stereocenters. The highest BCUT2D eigenvalue weighted by Crippen LogP contribution is 2.29. The molecule has 2 rings (SSSR count). The van der Waals surface area contributed by atoms with Crippen LogP contribution in [0.25, 0.3) is 0 Å². The van der Waals surface area contributed by atoms with Crippen molar-refractivity contribution in [1.82, 2.24) is 5.43 Å². The molecule has 2 N–H and O–H groups in total. The Morgan fingerprint density at radius 1 is 1.12 bits per heavy atom. The monoisotopic (exact) mass is 365 g/mol. The number of hydrogen-bond acceptors (Lipinski definition) is 4. The summed E-state index contributed by atoms with van der Waals surface area (Å²) in [5.41, 5.74) is 3.06. The van der Waals surface area contributed by atoms with E-state index in [0.717, 1.165) is 0 Å². The minimum Gasteiger partial charge on any atom is -0.497 e. The van der Waals surface area contributed by atoms with Crippen LogP contribution in [-0.4, -0.2) is 25.1 Å². The van der Waals surface area contributed by atoms with Gasteiger partial charge in [0.05, 0.1) is 29.1 Å². The number of amides is 2. The maximum atomic E-state index is 11.8. The zero-order chi connectivity index (χ0) is 17.5. The number of hydrogen-bond donors (Lipinski definition) is 2. The van der Waals surface area contributed by atoms with Crippen LogP contribution in [-0.2, 0) is 9.59 Å². The molecule has 2 aromatic rings. The molecule has 0 heterocycles. The number of hydrazone groups is 1. The molecule has 0 radical (unpaired) electrons. The summed E-state index contributed by atoms with van der Waals surface area (Å²) >= 11 is 11.8. The molecule has 124 valence electrons. The molecular weight excluding hydrogens is 353 g/mol. The Morgan fingerprint density at radius 3 is 2.62 bits per heavy atom. The summed E-state index contributed by atoms with van der Waals surface area (Å²) in [5, 5.41) is 6.50. The van der Waals surface area contributed by atoms with Crippen molar-refractivity contribution in [2.45, 2.75) is 0 Å². The number of nitrogens with one attached hydrogen (secondary N) is 2. The van der Waals surface area contributed by atoms with Crippen LogP contribution in [0.4, 0.5) is 5.69 Å². The Morgan fingerprint density at radius 2 is 1.88 bits per heavy atom. The van der Waals surface area contributed by atoms with Gasteiger partial charge in [0.15, 0.2) is 0 Å². The first kappa shape index (κ1) is 17.8. The third-order valence-corrected chi connectivity index (χ3v) is 3.70. The molecule has 0 spiro atoms. The van der Waals surface area contributed by atoms with Gasteiger partial charge >= 0.3 is 11.8 Å². The average Bonchev–Trinajstić information content (AvgIpc) is 2.59. The quantitative estimate of drug-likeness (QED) is 0.496. The summed E-state index contributed by atoms with van der Waals surface area (Å²) in [4.78, 5) is 23.5. The first-order valence-electron chi connectivity index (χ1n) is 6.73. The van der Waals surface area contributed by atoms with Gasteiger partial charge in [0.1, 0.15) is 5.75 Å². The van der Waals surface area contributed by atoms with Gasteiger partial charge in [0, 0.05) is 0 Å². The molecule has 24 heavy (non-hydrogen) atoms. The van der Waals surface area contributed by atoms with Crippen LogP contribution in [0.15, 0.2) is 47.6 Å². The minimum atomic E-state index is -0.940. The minimum absolute atomic E-state index is 0.153. The van der Waals surface area contributed by atoms with E-state index in [2.05, 4.69) is 15.8 Å². The number of rotatable bonds is 4. The molecular formula is C16H13Cl2N3O3. The van der Waals surface area contributed by atoms with E-state index in [1.807, 2.05) is 0 Å². The van der Waals surface area contributed by atoms with Crippen LogP contribution in [0.1, 0.15) is 5.56 Å². The Bertz CT molecular complexity index is 794. The third-order valence-electron chi connectivity index (χ3n) is 2.88. The molecule has 6 nitrogen and oxygen atoms in total. The third kappa shape index (κ3) is 4.71. The van der Waals surface area contributed by atoms with E-state index in [1.54, 1.807) is 43.5 Å². The van der Waals surface area contributed by atoms with E-state index in [1.165, 1.54) is 12.3 Å². The summed E-state index contributed by atoms with van der Waals surface area (Å²) in [7, 11) is 1.54. The van der Waals surface area contributed by atoms with Gasteiger partial charge in [-0.15, -0.1) is 0 Å². The van der Waals surface area contributed by atoms with Crippen LogP contribution in [0, 0.1) is 0 Å². The number of carbonyl (C=O) groups excluding carboxylic acids is 2. The fourth-order valence-corrected chi connectivity index (χ4v) is 2.07. The second-order valence-corrected chi connectivity index (χ2v) is 5.32. The number of carbonyl (C=O) groups is 2. The zero-order valence-corrected chi connectivity index (χ0v) is 14.1. The molecule has 0 aliphatic rings. The van der Waals surface area contributed by atoms with Crippen LogP contribution in [0.2, 0.25) is 10.0 Å². The summed E-state index contributed by atoms with van der Waals surface area (Å²) in [5.74, 6) is -1.20. The molecule has 0 aromatic heterocycles. The molecule has 0 saturated heterocycles. The van der Waals surface area contributed by atoms with E-state index in [4.69, 9.17) is 27.9 Å². The fourth-order valence-electron chi connectivity index (χ4n) is 1.72. The van der Waals surface area contributed by atoms with Gasteiger partial charge in [-0.05, 0) is 29.8 Å². The van der Waals surface area contributed by atoms with E-state index in [-0.39, 0.29) is 15.7 Å². The lowest BCUT2D eigenvalue weighted by atomic mass is 10.2. The van der Waals surface area contributed by atoms with Gasteiger partial charge in [-0.25, -0.2) is 5.43 Å². The highest BCUT2D eigenvalue weighted by Gasteiger charge is 2.15. The lowest BCUT2D eigenvalue weighted by Crippen LogP contribution is -2.32. The second-order valence-electron chi connectivity index (χ2n) is 4.53. The zero-order valence-electron chi connectivity index (χ0n) is 12.5. The van der Waals surface area contributed by atoms with Crippen molar-refractivity contribution in [1.29, 1.82) is 0 Å². The summed E-state index contributed by atoms with van der Waals surface area (Å²) < 4.78 is 5.07. The van der Waals surface area contributed by atoms with Gasteiger partial charge in [-0.2, -0.15) is 5.10 Å². The number of ether oxygens (including phenoxy) is 1. The van der Waals surface area contributed by atoms with Gasteiger partial charge in [0.25, 0.3) is 0 Å². The van der Waals surface area contributed by atoms with Crippen molar-refractivity contribution in [3.8, 4) is 5.75 Å². The summed E-state index contributed by atoms with van der Waals surface area (Å²) in [6.45, 7) is 0. The van der Waals surface area contributed by atoms with Gasteiger partial charge < -0.3 is 10.1 Å². The molecule has 2 aromatic carbocycles. The van der Waals surface area contributed by atoms with Crippen molar-refractivity contribution in [3.63, 3.8) is 0 Å². The topological polar surface area (TPSA) is 79.8 Å².